The third kappa shape index (κ3) is 3.77. The van der Waals surface area contributed by atoms with Crippen molar-refractivity contribution in [3.05, 3.63) is 0 Å². The van der Waals surface area contributed by atoms with Gasteiger partial charge in [-0.3, -0.25) is 0 Å². The van der Waals surface area contributed by atoms with E-state index in [1.54, 1.807) is 11.8 Å². The highest BCUT2D eigenvalue weighted by atomic mass is 32.2. The fourth-order valence-electron chi connectivity index (χ4n) is 1.19. The van der Waals surface area contributed by atoms with Gasteiger partial charge in [0, 0.05) is 18.1 Å². The van der Waals surface area contributed by atoms with Gasteiger partial charge in [-0.05, 0) is 19.3 Å². The van der Waals surface area contributed by atoms with Crippen LogP contribution in [0.4, 0.5) is 0 Å². The Hall–Kier alpha value is -0.0200. The molecule has 1 rings (SSSR count). The van der Waals surface area contributed by atoms with Gasteiger partial charge in [0.25, 0.3) is 0 Å². The Balaban J connectivity index is 2.00. The Bertz CT molecular complexity index is 111. The number of ether oxygens (including phenoxy) is 1. The van der Waals surface area contributed by atoms with Gasteiger partial charge >= 0.3 is 0 Å². The van der Waals surface area contributed by atoms with E-state index in [1.165, 1.54) is 19.3 Å². The van der Waals surface area contributed by atoms with Gasteiger partial charge in [0.05, 0.1) is 6.10 Å². The van der Waals surface area contributed by atoms with Crippen LogP contribution in [0.25, 0.3) is 0 Å². The first-order chi connectivity index (χ1) is 5.43. The first kappa shape index (κ1) is 9.07. The third-order valence-electron chi connectivity index (χ3n) is 1.76. The smallest absolute Gasteiger partial charge is 0.129 e. The zero-order chi connectivity index (χ0) is 7.94. The van der Waals surface area contributed by atoms with Crippen LogP contribution in [0.3, 0.4) is 0 Å². The van der Waals surface area contributed by atoms with Gasteiger partial charge in [-0.15, -0.1) is 0 Å². The van der Waals surface area contributed by atoms with E-state index in [1.807, 2.05) is 0 Å². The average molecular weight is 174 g/mol. The van der Waals surface area contributed by atoms with Crippen molar-refractivity contribution in [1.82, 2.24) is 0 Å². The van der Waals surface area contributed by atoms with Gasteiger partial charge in [-0.2, -0.15) is 11.8 Å². The van der Waals surface area contributed by atoms with Crippen LogP contribution in [0.2, 0.25) is 0 Å². The maximum absolute atomic E-state index is 9.98. The molecular formula is C8H14O2S. The number of hydrogen-bond donors (Lipinski definition) is 0. The van der Waals surface area contributed by atoms with E-state index in [9.17, 15) is 4.79 Å². The summed E-state index contributed by atoms with van der Waals surface area (Å²) in [6, 6.07) is 0. The molecule has 0 bridgehead atoms. The largest absolute Gasteiger partial charge is 0.377 e. The molecule has 0 N–H and O–H groups in total. The second-order valence-electron chi connectivity index (χ2n) is 2.69. The molecule has 0 radical (unpaired) electrons. The van der Waals surface area contributed by atoms with E-state index < -0.39 is 0 Å². The molecule has 1 fully saturated rings. The number of rotatable bonds is 4. The van der Waals surface area contributed by atoms with Gasteiger partial charge in [0.2, 0.25) is 0 Å². The second-order valence-corrected chi connectivity index (χ2v) is 3.77. The number of carbonyl (C=O) groups excluding carboxylic acids is 1. The van der Waals surface area contributed by atoms with Crippen LogP contribution >= 0.6 is 11.8 Å². The second kappa shape index (κ2) is 5.61. The Labute approximate surface area is 71.7 Å². The fraction of sp³-hybridized carbons (Fsp3) is 0.875. The summed E-state index contributed by atoms with van der Waals surface area (Å²) in [6.45, 7) is 0.909. The molecule has 0 amide bonds. The molecule has 1 aliphatic heterocycles. The summed E-state index contributed by atoms with van der Waals surface area (Å²) < 4.78 is 5.49. The highest BCUT2D eigenvalue weighted by Gasteiger charge is 2.12. The topological polar surface area (TPSA) is 26.3 Å². The molecule has 1 aliphatic rings. The minimum absolute atomic E-state index is 0.411. The van der Waals surface area contributed by atoms with Gasteiger partial charge in [0.15, 0.2) is 0 Å². The lowest BCUT2D eigenvalue weighted by atomic mass is 10.1. The predicted octanol–water partition coefficient (Wildman–Crippen LogP) is 1.49. The van der Waals surface area contributed by atoms with Crippen molar-refractivity contribution < 1.29 is 9.53 Å². The number of carbonyl (C=O) groups is 1. The Morgan fingerprint density at radius 1 is 1.55 bits per heavy atom. The lowest BCUT2D eigenvalue weighted by Gasteiger charge is -2.21. The van der Waals surface area contributed by atoms with Crippen molar-refractivity contribution in [2.45, 2.75) is 25.4 Å². The summed E-state index contributed by atoms with van der Waals surface area (Å²) in [6.07, 6.45) is 5.02. The van der Waals surface area contributed by atoms with Crippen molar-refractivity contribution in [3.8, 4) is 0 Å². The first-order valence-corrected chi connectivity index (χ1v) is 5.22. The van der Waals surface area contributed by atoms with Crippen LogP contribution in [0.15, 0.2) is 0 Å². The van der Waals surface area contributed by atoms with Crippen LogP contribution in [0.1, 0.15) is 19.3 Å². The van der Waals surface area contributed by atoms with Gasteiger partial charge in [0.1, 0.15) is 6.29 Å². The molecule has 1 heterocycles. The van der Waals surface area contributed by atoms with Crippen LogP contribution in [-0.4, -0.2) is 30.5 Å². The summed E-state index contributed by atoms with van der Waals surface area (Å²) in [4.78, 5) is 9.98. The SMILES string of the molecule is O=CCSC[C@@H]1CCCCO1. The number of aldehydes is 1. The molecule has 3 heteroatoms. The van der Waals surface area contributed by atoms with E-state index in [0.717, 1.165) is 18.6 Å². The minimum atomic E-state index is 0.411. The zero-order valence-corrected chi connectivity index (χ0v) is 7.44. The summed E-state index contributed by atoms with van der Waals surface area (Å²) in [5.74, 6) is 1.60. The van der Waals surface area contributed by atoms with E-state index in [4.69, 9.17) is 4.74 Å². The summed E-state index contributed by atoms with van der Waals surface area (Å²) in [5.41, 5.74) is 0. The summed E-state index contributed by atoms with van der Waals surface area (Å²) in [7, 11) is 0. The third-order valence-corrected chi connectivity index (χ3v) is 2.74. The molecule has 1 atom stereocenters. The molecule has 0 aliphatic carbocycles. The molecule has 0 aromatic carbocycles. The summed E-state index contributed by atoms with van der Waals surface area (Å²) in [5, 5.41) is 0. The molecular weight excluding hydrogens is 160 g/mol. The average Bonchev–Trinajstić information content (AvgIpc) is 2.07. The van der Waals surface area contributed by atoms with Crippen molar-refractivity contribution in [2.24, 2.45) is 0 Å². The molecule has 64 valence electrons. The van der Waals surface area contributed by atoms with Crippen LogP contribution in [-0.2, 0) is 9.53 Å². The lowest BCUT2D eigenvalue weighted by molar-refractivity contribution is -0.105. The summed E-state index contributed by atoms with van der Waals surface area (Å²) >= 11 is 1.67. The quantitative estimate of drug-likeness (QED) is 0.477. The van der Waals surface area contributed by atoms with Crippen molar-refractivity contribution in [1.29, 1.82) is 0 Å². The van der Waals surface area contributed by atoms with Crippen LogP contribution < -0.4 is 0 Å². The van der Waals surface area contributed by atoms with Gasteiger partial charge < -0.3 is 9.53 Å². The highest BCUT2D eigenvalue weighted by molar-refractivity contribution is 7.99. The van der Waals surface area contributed by atoms with Gasteiger partial charge in [-0.25, -0.2) is 0 Å². The molecule has 0 unspecified atom stereocenters. The van der Waals surface area contributed by atoms with E-state index in [0.29, 0.717) is 11.9 Å². The maximum Gasteiger partial charge on any atom is 0.129 e. The molecule has 2 nitrogen and oxygen atoms in total. The number of hydrogen-bond acceptors (Lipinski definition) is 3. The maximum atomic E-state index is 9.98. The first-order valence-electron chi connectivity index (χ1n) is 4.06. The van der Waals surface area contributed by atoms with Crippen molar-refractivity contribution in [3.63, 3.8) is 0 Å². The van der Waals surface area contributed by atoms with Crippen LogP contribution in [0.5, 0.6) is 0 Å². The van der Waals surface area contributed by atoms with Crippen molar-refractivity contribution in [2.75, 3.05) is 18.1 Å². The monoisotopic (exact) mass is 174 g/mol. The molecule has 0 spiro atoms. The zero-order valence-electron chi connectivity index (χ0n) is 6.62. The molecule has 1 saturated heterocycles. The standard InChI is InChI=1S/C8H14O2S/c9-4-6-11-7-8-3-1-2-5-10-8/h4,8H,1-3,5-7H2/t8-/m0/s1. The fourth-order valence-corrected chi connectivity index (χ4v) is 1.94. The Kier molecular flexibility index (Phi) is 4.62. The Morgan fingerprint density at radius 3 is 3.09 bits per heavy atom. The van der Waals surface area contributed by atoms with E-state index >= 15 is 0 Å². The predicted molar refractivity (Wildman–Crippen MR) is 47.0 cm³/mol. The molecule has 0 aromatic heterocycles. The normalized spacial score (nSPS) is 24.9. The molecule has 0 saturated carbocycles. The Morgan fingerprint density at radius 2 is 2.45 bits per heavy atom. The van der Waals surface area contributed by atoms with Crippen molar-refractivity contribution >= 4 is 18.0 Å². The van der Waals surface area contributed by atoms with Crippen LogP contribution in [0, 0.1) is 0 Å². The highest BCUT2D eigenvalue weighted by Crippen LogP contribution is 2.16. The minimum Gasteiger partial charge on any atom is -0.377 e. The molecule has 11 heavy (non-hydrogen) atoms. The van der Waals surface area contributed by atoms with Gasteiger partial charge in [-0.1, -0.05) is 0 Å². The number of thioether (sulfide) groups is 1. The van der Waals surface area contributed by atoms with E-state index in [2.05, 4.69) is 0 Å². The van der Waals surface area contributed by atoms with E-state index in [-0.39, 0.29) is 0 Å². The molecule has 0 aromatic rings. The lowest BCUT2D eigenvalue weighted by Crippen LogP contribution is -2.21.